The van der Waals surface area contributed by atoms with Crippen LogP contribution >= 0.6 is 0 Å². The van der Waals surface area contributed by atoms with Gasteiger partial charge in [0.2, 0.25) is 0 Å². The zero-order valence-electron chi connectivity index (χ0n) is 23.8. The molecule has 2 amide bonds. The van der Waals surface area contributed by atoms with Gasteiger partial charge in [-0.3, -0.25) is 15.0 Å². The van der Waals surface area contributed by atoms with E-state index < -0.39 is 11.0 Å². The Hall–Kier alpha value is -4.06. The van der Waals surface area contributed by atoms with E-state index in [1.807, 2.05) is 54.6 Å². The van der Waals surface area contributed by atoms with E-state index in [1.165, 1.54) is 12.3 Å². The molecule has 0 aliphatic carbocycles. The number of β-amino-alcohol motifs (C(OH)–C–C–N with tert-alkyl or cyclic N) is 1. The number of nitrogens with zero attached hydrogens (tertiary/aromatic N) is 5. The molecule has 0 radical (unpaired) electrons. The second kappa shape index (κ2) is 14.2. The molecule has 0 saturated carbocycles. The van der Waals surface area contributed by atoms with Crippen LogP contribution in [0.1, 0.15) is 19.3 Å². The number of hydrogen-bond donors (Lipinski definition) is 3. The number of piperidine rings is 1. The van der Waals surface area contributed by atoms with Crippen molar-refractivity contribution in [1.29, 1.82) is 0 Å². The van der Waals surface area contributed by atoms with Gasteiger partial charge in [-0.2, -0.15) is 0 Å². The van der Waals surface area contributed by atoms with Crippen LogP contribution in [-0.2, 0) is 0 Å². The number of urea groups is 1. The molecule has 2 saturated heterocycles. The van der Waals surface area contributed by atoms with E-state index in [4.69, 9.17) is 0 Å². The number of nitrogens with one attached hydrogen (secondary N) is 2. The predicted molar refractivity (Wildman–Crippen MR) is 164 cm³/mol. The highest BCUT2D eigenvalue weighted by molar-refractivity contribution is 5.94. The third-order valence-electron chi connectivity index (χ3n) is 7.98. The van der Waals surface area contributed by atoms with Gasteiger partial charge < -0.3 is 25.5 Å². The molecule has 42 heavy (non-hydrogen) atoms. The van der Waals surface area contributed by atoms with Gasteiger partial charge in [0.25, 0.3) is 5.69 Å². The number of benzene rings is 2. The highest BCUT2D eigenvalue weighted by Crippen LogP contribution is 2.27. The number of likely N-dealkylation sites (tertiary alicyclic amines) is 1. The van der Waals surface area contributed by atoms with Crippen molar-refractivity contribution in [2.24, 2.45) is 0 Å². The smallest absolute Gasteiger partial charge is 0.319 e. The molecule has 2 aromatic carbocycles. The minimum Gasteiger partial charge on any atom is -0.390 e. The summed E-state index contributed by atoms with van der Waals surface area (Å²) in [6.45, 7) is 6.11. The van der Waals surface area contributed by atoms with Crippen LogP contribution in [-0.4, -0.2) is 95.3 Å². The number of pyridine rings is 1. The topological polar surface area (TPSA) is 127 Å². The summed E-state index contributed by atoms with van der Waals surface area (Å²) < 4.78 is 0. The molecule has 5 rings (SSSR count). The van der Waals surface area contributed by atoms with E-state index in [0.717, 1.165) is 81.2 Å². The van der Waals surface area contributed by atoms with Crippen molar-refractivity contribution >= 4 is 23.2 Å². The van der Waals surface area contributed by atoms with Gasteiger partial charge >= 0.3 is 6.03 Å². The molecule has 2 aliphatic heterocycles. The molecule has 222 valence electrons. The lowest BCUT2D eigenvalue weighted by Crippen LogP contribution is -2.49. The Labute approximate surface area is 246 Å². The van der Waals surface area contributed by atoms with E-state index in [0.29, 0.717) is 13.1 Å². The third-order valence-corrected chi connectivity index (χ3v) is 7.98. The summed E-state index contributed by atoms with van der Waals surface area (Å²) in [5, 5.41) is 27.9. The van der Waals surface area contributed by atoms with Crippen LogP contribution in [0, 0.1) is 10.1 Å². The van der Waals surface area contributed by atoms with Crippen LogP contribution < -0.4 is 15.5 Å². The molecule has 11 heteroatoms. The average molecular weight is 574 g/mol. The number of anilines is 2. The molecular weight excluding hydrogens is 534 g/mol. The first-order valence-corrected chi connectivity index (χ1v) is 14.6. The van der Waals surface area contributed by atoms with Crippen molar-refractivity contribution in [2.75, 3.05) is 62.6 Å². The molecule has 3 N–H and O–H groups in total. The first kappa shape index (κ1) is 29.4. The van der Waals surface area contributed by atoms with Gasteiger partial charge in [-0.05, 0) is 43.5 Å². The number of aromatic nitrogens is 1. The molecule has 1 aromatic heterocycles. The van der Waals surface area contributed by atoms with Crippen LogP contribution in [0.25, 0.3) is 11.1 Å². The van der Waals surface area contributed by atoms with Crippen molar-refractivity contribution in [3.05, 3.63) is 83.0 Å². The van der Waals surface area contributed by atoms with Crippen molar-refractivity contribution in [3.8, 4) is 11.1 Å². The second-order valence-corrected chi connectivity index (χ2v) is 11.0. The Morgan fingerprint density at radius 1 is 0.929 bits per heavy atom. The summed E-state index contributed by atoms with van der Waals surface area (Å²) in [6, 6.07) is 20.9. The molecule has 1 unspecified atom stereocenters. The fraction of sp³-hybridized carbons (Fsp3) is 0.419. The summed E-state index contributed by atoms with van der Waals surface area (Å²) in [4.78, 5) is 34.2. The van der Waals surface area contributed by atoms with E-state index in [2.05, 4.69) is 30.3 Å². The molecule has 3 heterocycles. The molecule has 2 aliphatic rings. The maximum Gasteiger partial charge on any atom is 0.319 e. The Kier molecular flexibility index (Phi) is 9.96. The molecule has 1 atom stereocenters. The van der Waals surface area contributed by atoms with Gasteiger partial charge in [-0.1, -0.05) is 48.5 Å². The van der Waals surface area contributed by atoms with E-state index in [-0.39, 0.29) is 17.8 Å². The van der Waals surface area contributed by atoms with E-state index in [9.17, 15) is 20.0 Å². The van der Waals surface area contributed by atoms with Crippen LogP contribution in [0.15, 0.2) is 72.9 Å². The Balaban J connectivity index is 1.02. The first-order valence-electron chi connectivity index (χ1n) is 14.6. The number of aliphatic hydroxyl groups is 1. The Morgan fingerprint density at radius 3 is 2.36 bits per heavy atom. The summed E-state index contributed by atoms with van der Waals surface area (Å²) in [5.41, 5.74) is 2.81. The highest BCUT2D eigenvalue weighted by Gasteiger charge is 2.24. The number of carbonyl (C=O) groups excluding carboxylic acids is 1. The molecule has 11 nitrogen and oxygen atoms in total. The van der Waals surface area contributed by atoms with Crippen molar-refractivity contribution in [2.45, 2.75) is 31.4 Å². The number of nitro groups is 1. The predicted octanol–water partition coefficient (Wildman–Crippen LogP) is 3.82. The Morgan fingerprint density at radius 2 is 1.64 bits per heavy atom. The molecule has 0 spiro atoms. The van der Waals surface area contributed by atoms with E-state index >= 15 is 0 Å². The Bertz CT molecular complexity index is 1320. The van der Waals surface area contributed by atoms with Gasteiger partial charge in [-0.15, -0.1) is 0 Å². The van der Waals surface area contributed by atoms with Crippen LogP contribution in [0.4, 0.5) is 22.0 Å². The normalized spacial score (nSPS) is 17.8. The largest absolute Gasteiger partial charge is 0.390 e. The quantitative estimate of drug-likeness (QED) is 0.261. The number of rotatable bonds is 9. The van der Waals surface area contributed by atoms with Gasteiger partial charge in [0, 0.05) is 63.5 Å². The average Bonchev–Trinajstić information content (AvgIpc) is 3.24. The SMILES string of the molecule is O=C(Nc1ccccc1-c1ccccc1)NC1CCN(CC(O)CN2CCCN(c3ccc([N+](=O)[O-])cn3)CC2)CC1. The fourth-order valence-electron chi connectivity index (χ4n) is 5.77. The van der Waals surface area contributed by atoms with Crippen molar-refractivity contribution in [1.82, 2.24) is 20.1 Å². The maximum atomic E-state index is 12.8. The van der Waals surface area contributed by atoms with Crippen LogP contribution in [0.5, 0.6) is 0 Å². The second-order valence-electron chi connectivity index (χ2n) is 11.0. The lowest BCUT2D eigenvalue weighted by atomic mass is 10.0. The van der Waals surface area contributed by atoms with Gasteiger partial charge in [0.1, 0.15) is 12.0 Å². The van der Waals surface area contributed by atoms with E-state index in [1.54, 1.807) is 6.07 Å². The summed E-state index contributed by atoms with van der Waals surface area (Å²) in [7, 11) is 0. The van der Waals surface area contributed by atoms with Crippen LogP contribution in [0.3, 0.4) is 0 Å². The number of carbonyl (C=O) groups is 1. The number of amides is 2. The highest BCUT2D eigenvalue weighted by atomic mass is 16.6. The molecule has 0 bridgehead atoms. The molecule has 3 aromatic rings. The minimum absolute atomic E-state index is 0.00832. The zero-order valence-corrected chi connectivity index (χ0v) is 23.8. The number of para-hydroxylation sites is 1. The summed E-state index contributed by atoms with van der Waals surface area (Å²) in [6.07, 6.45) is 3.44. The minimum atomic E-state index is -0.462. The maximum absolute atomic E-state index is 12.8. The molecular formula is C31H39N7O4. The first-order chi connectivity index (χ1) is 20.4. The summed E-state index contributed by atoms with van der Waals surface area (Å²) in [5.74, 6) is 0.744. The van der Waals surface area contributed by atoms with Gasteiger partial charge in [-0.25, -0.2) is 9.78 Å². The van der Waals surface area contributed by atoms with Crippen LogP contribution in [0.2, 0.25) is 0 Å². The lowest BCUT2D eigenvalue weighted by Gasteiger charge is -2.34. The zero-order chi connectivity index (χ0) is 29.3. The number of hydrogen-bond acceptors (Lipinski definition) is 8. The van der Waals surface area contributed by atoms with Crippen molar-refractivity contribution < 1.29 is 14.8 Å². The van der Waals surface area contributed by atoms with Gasteiger partial charge in [0.05, 0.1) is 16.7 Å². The monoisotopic (exact) mass is 573 g/mol. The molecule has 2 fully saturated rings. The van der Waals surface area contributed by atoms with Crippen molar-refractivity contribution in [3.63, 3.8) is 0 Å². The lowest BCUT2D eigenvalue weighted by molar-refractivity contribution is -0.385. The summed E-state index contributed by atoms with van der Waals surface area (Å²) >= 11 is 0. The fourth-order valence-corrected chi connectivity index (χ4v) is 5.77. The number of aliphatic hydroxyl groups excluding tert-OH is 1. The standard InChI is InChI=1S/C31H39N7O4/c39-27(22-35-15-6-16-37(20-19-35)30-12-11-26(21-32-30)38(41)42)23-36-17-13-25(14-18-36)33-31(40)34-29-10-5-4-9-28(29)24-7-2-1-3-8-24/h1-5,7-12,21,25,27,39H,6,13-20,22-23H2,(H2,33,34,40). The third kappa shape index (κ3) is 8.03. The van der Waals surface area contributed by atoms with Gasteiger partial charge in [0.15, 0.2) is 0 Å².